The Labute approximate surface area is 231 Å². The summed E-state index contributed by atoms with van der Waals surface area (Å²) in [6.45, 7) is 2.41. The number of piperidine rings is 1. The topological polar surface area (TPSA) is 76.5 Å². The molecule has 0 bridgehead atoms. The van der Waals surface area contributed by atoms with Crippen molar-refractivity contribution in [2.75, 3.05) is 32.1 Å². The van der Waals surface area contributed by atoms with E-state index in [1.807, 2.05) is 35.2 Å². The second-order valence-electron chi connectivity index (χ2n) is 9.31. The zero-order valence-electron chi connectivity index (χ0n) is 21.6. The zero-order chi connectivity index (χ0) is 26.9. The molecule has 7 nitrogen and oxygen atoms in total. The van der Waals surface area contributed by atoms with Gasteiger partial charge < -0.3 is 19.5 Å². The summed E-state index contributed by atoms with van der Waals surface area (Å²) in [4.78, 5) is 34.3. The maximum absolute atomic E-state index is 13.6. The molecule has 0 aliphatic carbocycles. The number of hydrogen-bond acceptors (Lipinski definition) is 7. The highest BCUT2D eigenvalue weighted by Crippen LogP contribution is 2.33. The molecule has 1 aromatic carbocycles. The second kappa shape index (κ2) is 13.7. The average Bonchev–Trinajstić information content (AvgIpc) is 3.59. The summed E-state index contributed by atoms with van der Waals surface area (Å²) in [7, 11) is 2.06. The van der Waals surface area contributed by atoms with Gasteiger partial charge in [0.1, 0.15) is 22.8 Å². The normalized spacial score (nSPS) is 15.6. The number of imidazole rings is 1. The van der Waals surface area contributed by atoms with Gasteiger partial charge in [-0.25, -0.2) is 14.2 Å². The summed E-state index contributed by atoms with van der Waals surface area (Å²) in [6, 6.07) is 7.26. The minimum absolute atomic E-state index is 0.129. The van der Waals surface area contributed by atoms with Crippen LogP contribution in [0.4, 0.5) is 4.39 Å². The molecule has 0 radical (unpaired) electrons. The Morgan fingerprint density at radius 3 is 2.74 bits per heavy atom. The van der Waals surface area contributed by atoms with E-state index in [1.54, 1.807) is 36.4 Å². The number of nitrogens with zero attached hydrogens (tertiary/aromatic N) is 3. The van der Waals surface area contributed by atoms with Crippen molar-refractivity contribution in [1.29, 1.82) is 0 Å². The number of likely N-dealkylation sites (tertiary alicyclic amines) is 1. The largest absolute Gasteiger partial charge is 0.461 e. The third-order valence-corrected chi connectivity index (χ3v) is 8.16. The van der Waals surface area contributed by atoms with Gasteiger partial charge in [-0.1, -0.05) is 18.2 Å². The highest BCUT2D eigenvalue weighted by molar-refractivity contribution is 7.98. The first-order valence-electron chi connectivity index (χ1n) is 12.6. The number of thioether (sulfide) groups is 1. The highest BCUT2D eigenvalue weighted by atomic mass is 32.2. The van der Waals surface area contributed by atoms with E-state index in [-0.39, 0.29) is 23.8 Å². The first-order chi connectivity index (χ1) is 18.4. The molecule has 3 heterocycles. The number of carbonyl (C=O) groups is 2. The summed E-state index contributed by atoms with van der Waals surface area (Å²) in [6.07, 6.45) is 13.2. The minimum atomic E-state index is -0.738. The van der Waals surface area contributed by atoms with Crippen LogP contribution >= 0.6 is 23.1 Å². The predicted molar refractivity (Wildman–Crippen MR) is 152 cm³/mol. The molecule has 4 rings (SSSR count). The van der Waals surface area contributed by atoms with E-state index >= 15 is 0 Å². The molecular weight excluding hydrogens is 523 g/mol. The van der Waals surface area contributed by atoms with Gasteiger partial charge in [0, 0.05) is 42.5 Å². The molecule has 0 unspecified atom stereocenters. The zero-order valence-corrected chi connectivity index (χ0v) is 23.3. The predicted octanol–water partition coefficient (Wildman–Crippen LogP) is 4.95. The SMILES string of the molecule is CSCC[C@H](NC(=O)c1sc(/C=C\Cn2ccnc2)cc1-c1ccc(F)cc1)C(=O)OC1CCN(C)CC1. The molecule has 1 atom stereocenters. The lowest BCUT2D eigenvalue weighted by atomic mass is 10.1. The third kappa shape index (κ3) is 7.78. The molecule has 202 valence electrons. The van der Waals surface area contributed by atoms with Crippen LogP contribution in [0.5, 0.6) is 0 Å². The van der Waals surface area contributed by atoms with Crippen LogP contribution in [0.15, 0.2) is 55.1 Å². The molecule has 3 aromatic rings. The molecule has 1 aliphatic rings. The van der Waals surface area contributed by atoms with Crippen molar-refractivity contribution in [2.45, 2.75) is 38.0 Å². The Morgan fingerprint density at radius 2 is 2.05 bits per heavy atom. The van der Waals surface area contributed by atoms with Crippen molar-refractivity contribution < 1.29 is 18.7 Å². The number of allylic oxidation sites excluding steroid dienone is 1. The van der Waals surface area contributed by atoms with E-state index in [9.17, 15) is 14.0 Å². The van der Waals surface area contributed by atoms with Crippen molar-refractivity contribution in [3.05, 3.63) is 70.7 Å². The standard InChI is InChI=1S/C28H33FN4O3S2/c1-32-14-9-22(10-15-32)36-28(35)25(11-17-37-2)31-27(34)26-24(20-5-7-21(29)8-6-20)18-23(38-26)4-3-13-33-16-12-30-19-33/h3-8,12,16,18-19,22,25H,9-11,13-15,17H2,1-2H3,(H,31,34)/b4-3-/t25-/m0/s1. The van der Waals surface area contributed by atoms with Gasteiger partial charge in [0.15, 0.2) is 0 Å². The van der Waals surface area contributed by atoms with Gasteiger partial charge in [-0.3, -0.25) is 4.79 Å². The molecular formula is C28H33FN4O3S2. The monoisotopic (exact) mass is 556 g/mol. The molecule has 1 amide bonds. The fourth-order valence-corrected chi connectivity index (χ4v) is 5.73. The maximum atomic E-state index is 13.6. The fraction of sp³-hybridized carbons (Fsp3) is 0.393. The maximum Gasteiger partial charge on any atom is 0.328 e. The fourth-order valence-electron chi connectivity index (χ4n) is 4.25. The van der Waals surface area contributed by atoms with Crippen LogP contribution in [0.2, 0.25) is 0 Å². The van der Waals surface area contributed by atoms with Crippen LogP contribution in [-0.2, 0) is 16.1 Å². The molecule has 1 aliphatic heterocycles. The molecule has 2 aromatic heterocycles. The second-order valence-corrected chi connectivity index (χ2v) is 11.4. The lowest BCUT2D eigenvalue weighted by Crippen LogP contribution is -2.44. The first-order valence-corrected chi connectivity index (χ1v) is 14.8. The number of ether oxygens (including phenoxy) is 1. The van der Waals surface area contributed by atoms with Crippen molar-refractivity contribution in [3.8, 4) is 11.1 Å². The number of aromatic nitrogens is 2. The van der Waals surface area contributed by atoms with Crippen LogP contribution in [0, 0.1) is 5.82 Å². The van der Waals surface area contributed by atoms with Gasteiger partial charge in [0.2, 0.25) is 0 Å². The lowest BCUT2D eigenvalue weighted by Gasteiger charge is -2.30. The van der Waals surface area contributed by atoms with Crippen molar-refractivity contribution in [1.82, 2.24) is 19.8 Å². The van der Waals surface area contributed by atoms with Crippen LogP contribution < -0.4 is 5.32 Å². The van der Waals surface area contributed by atoms with Gasteiger partial charge in [-0.2, -0.15) is 11.8 Å². The molecule has 0 spiro atoms. The number of amides is 1. The molecule has 38 heavy (non-hydrogen) atoms. The smallest absolute Gasteiger partial charge is 0.328 e. The van der Waals surface area contributed by atoms with Crippen molar-refractivity contribution in [3.63, 3.8) is 0 Å². The lowest BCUT2D eigenvalue weighted by molar-refractivity contribution is -0.153. The number of thiophene rings is 1. The molecule has 10 heteroatoms. The Bertz CT molecular complexity index is 1220. The van der Waals surface area contributed by atoms with E-state index in [4.69, 9.17) is 4.74 Å². The molecule has 1 N–H and O–H groups in total. The summed E-state index contributed by atoms with van der Waals surface area (Å²) < 4.78 is 21.4. The minimum Gasteiger partial charge on any atom is -0.461 e. The summed E-state index contributed by atoms with van der Waals surface area (Å²) in [5.41, 5.74) is 1.43. The van der Waals surface area contributed by atoms with Gasteiger partial charge in [-0.15, -0.1) is 11.3 Å². The van der Waals surface area contributed by atoms with E-state index in [1.165, 1.54) is 23.5 Å². The van der Waals surface area contributed by atoms with Gasteiger partial charge in [-0.05, 0) is 68.2 Å². The number of nitrogens with one attached hydrogen (secondary N) is 1. The van der Waals surface area contributed by atoms with Crippen molar-refractivity contribution in [2.24, 2.45) is 0 Å². The molecule has 1 saturated heterocycles. The molecule has 1 fully saturated rings. The van der Waals surface area contributed by atoms with Crippen LogP contribution in [-0.4, -0.2) is 70.6 Å². The first kappa shape index (κ1) is 28.1. The summed E-state index contributed by atoms with van der Waals surface area (Å²) in [5.74, 6) is -0.355. The van der Waals surface area contributed by atoms with Crippen LogP contribution in [0.3, 0.4) is 0 Å². The van der Waals surface area contributed by atoms with Crippen molar-refractivity contribution >= 4 is 41.1 Å². The van der Waals surface area contributed by atoms with Crippen LogP contribution in [0.1, 0.15) is 33.8 Å². The third-order valence-electron chi connectivity index (χ3n) is 6.42. The Hall–Kier alpha value is -2.95. The number of carbonyl (C=O) groups excluding carboxylic acids is 2. The Balaban J connectivity index is 1.53. The number of esters is 1. The number of rotatable bonds is 11. The average molecular weight is 557 g/mol. The highest BCUT2D eigenvalue weighted by Gasteiger charge is 2.28. The number of benzene rings is 1. The summed E-state index contributed by atoms with van der Waals surface area (Å²) in [5, 5.41) is 2.94. The van der Waals surface area contributed by atoms with Gasteiger partial charge in [0.25, 0.3) is 5.91 Å². The van der Waals surface area contributed by atoms with Gasteiger partial charge in [0.05, 0.1) is 6.33 Å². The van der Waals surface area contributed by atoms with Gasteiger partial charge >= 0.3 is 5.97 Å². The summed E-state index contributed by atoms with van der Waals surface area (Å²) >= 11 is 2.95. The van der Waals surface area contributed by atoms with Crippen LogP contribution in [0.25, 0.3) is 17.2 Å². The molecule has 0 saturated carbocycles. The number of hydrogen-bond donors (Lipinski definition) is 1. The quantitative estimate of drug-likeness (QED) is 0.337. The van der Waals surface area contributed by atoms with E-state index < -0.39 is 6.04 Å². The Morgan fingerprint density at radius 1 is 1.29 bits per heavy atom. The Kier molecular flexibility index (Phi) is 10.1. The van der Waals surface area contributed by atoms with E-state index in [0.717, 1.165) is 36.4 Å². The van der Waals surface area contributed by atoms with E-state index in [2.05, 4.69) is 22.2 Å². The van der Waals surface area contributed by atoms with E-state index in [0.29, 0.717) is 29.2 Å². The number of halogens is 1.